The van der Waals surface area contributed by atoms with Gasteiger partial charge in [-0.1, -0.05) is 26.8 Å². The van der Waals surface area contributed by atoms with Gasteiger partial charge in [-0.05, 0) is 23.1 Å². The Morgan fingerprint density at radius 2 is 1.62 bits per heavy atom. The van der Waals surface area contributed by atoms with Gasteiger partial charge in [-0.15, -0.1) is 24.8 Å². The van der Waals surface area contributed by atoms with Gasteiger partial charge in [0.15, 0.2) is 11.6 Å². The number of hydrogen-bond donors (Lipinski definition) is 1. The van der Waals surface area contributed by atoms with Gasteiger partial charge in [0, 0.05) is 32.2 Å². The Balaban J connectivity index is 0.00000200. The molecule has 1 aromatic carbocycles. The molecule has 0 radical (unpaired) electrons. The Morgan fingerprint density at radius 3 is 2.10 bits per heavy atom. The first-order valence-corrected chi connectivity index (χ1v) is 6.79. The second-order valence-corrected chi connectivity index (χ2v) is 6.23. The molecule has 0 aliphatic carbocycles. The Morgan fingerprint density at radius 1 is 1.05 bits per heavy atom. The van der Waals surface area contributed by atoms with Crippen LogP contribution in [0.4, 0.5) is 8.78 Å². The zero-order chi connectivity index (χ0) is 14.0. The summed E-state index contributed by atoms with van der Waals surface area (Å²) in [5, 5.41) is 3.32. The molecule has 1 aliphatic heterocycles. The lowest BCUT2D eigenvalue weighted by Crippen LogP contribution is -2.48. The van der Waals surface area contributed by atoms with Gasteiger partial charge in [0.25, 0.3) is 0 Å². The number of halogens is 4. The van der Waals surface area contributed by atoms with Crippen molar-refractivity contribution in [3.63, 3.8) is 0 Å². The third-order valence-corrected chi connectivity index (χ3v) is 3.60. The van der Waals surface area contributed by atoms with Crippen LogP contribution in [0.2, 0.25) is 0 Å². The van der Waals surface area contributed by atoms with Crippen LogP contribution in [-0.2, 0) is 0 Å². The van der Waals surface area contributed by atoms with Crippen LogP contribution in [0.15, 0.2) is 18.2 Å². The number of piperazine rings is 1. The molecule has 0 amide bonds. The van der Waals surface area contributed by atoms with E-state index in [4.69, 9.17) is 0 Å². The summed E-state index contributed by atoms with van der Waals surface area (Å²) in [7, 11) is 0. The zero-order valence-electron chi connectivity index (χ0n) is 12.7. The standard InChI is InChI=1S/C15H22F2N2.2ClH/c1-15(2,3)14(19-8-6-18-7-9-19)11-4-5-12(16)13(17)10-11;;/h4-5,10,14,18H,6-9H2,1-3H3;2*1H/t14-;;/m1../s1. The Hall–Kier alpha value is -0.420. The molecule has 6 heteroatoms. The second kappa shape index (κ2) is 8.28. The largest absolute Gasteiger partial charge is 0.314 e. The summed E-state index contributed by atoms with van der Waals surface area (Å²) in [6, 6.07) is 4.37. The monoisotopic (exact) mass is 340 g/mol. The average Bonchev–Trinajstić information content (AvgIpc) is 2.34. The summed E-state index contributed by atoms with van der Waals surface area (Å²) in [4.78, 5) is 2.35. The average molecular weight is 341 g/mol. The first-order chi connectivity index (χ1) is 8.89. The minimum atomic E-state index is -0.781. The number of benzene rings is 1. The fourth-order valence-electron chi connectivity index (χ4n) is 2.88. The summed E-state index contributed by atoms with van der Waals surface area (Å²) in [6.07, 6.45) is 0. The van der Waals surface area contributed by atoms with E-state index in [-0.39, 0.29) is 36.3 Å². The van der Waals surface area contributed by atoms with E-state index in [0.29, 0.717) is 0 Å². The lowest BCUT2D eigenvalue weighted by Gasteiger charge is -2.42. The molecule has 2 rings (SSSR count). The normalized spacial score (nSPS) is 17.6. The molecule has 1 aromatic rings. The van der Waals surface area contributed by atoms with Crippen molar-refractivity contribution in [2.45, 2.75) is 26.8 Å². The van der Waals surface area contributed by atoms with Crippen molar-refractivity contribution >= 4 is 24.8 Å². The van der Waals surface area contributed by atoms with E-state index in [9.17, 15) is 8.78 Å². The molecule has 0 spiro atoms. The van der Waals surface area contributed by atoms with Crippen molar-refractivity contribution in [2.24, 2.45) is 5.41 Å². The van der Waals surface area contributed by atoms with Crippen molar-refractivity contribution in [3.05, 3.63) is 35.4 Å². The molecule has 1 fully saturated rings. The van der Waals surface area contributed by atoms with Crippen LogP contribution >= 0.6 is 24.8 Å². The summed E-state index contributed by atoms with van der Waals surface area (Å²) < 4.78 is 26.6. The van der Waals surface area contributed by atoms with Gasteiger partial charge in [-0.2, -0.15) is 0 Å². The quantitative estimate of drug-likeness (QED) is 0.880. The number of nitrogens with zero attached hydrogens (tertiary/aromatic N) is 1. The highest BCUT2D eigenvalue weighted by Crippen LogP contribution is 2.38. The predicted molar refractivity (Wildman–Crippen MR) is 87.5 cm³/mol. The summed E-state index contributed by atoms with van der Waals surface area (Å²) >= 11 is 0. The molecule has 2 nitrogen and oxygen atoms in total. The van der Waals surface area contributed by atoms with Crippen LogP contribution in [0.3, 0.4) is 0 Å². The summed E-state index contributed by atoms with van der Waals surface area (Å²) in [5.41, 5.74) is 0.829. The maximum absolute atomic E-state index is 13.5. The predicted octanol–water partition coefficient (Wildman–Crippen LogP) is 3.80. The molecule has 1 aliphatic rings. The molecule has 1 N–H and O–H groups in total. The number of rotatable bonds is 2. The van der Waals surface area contributed by atoms with Crippen LogP contribution in [0, 0.1) is 17.0 Å². The van der Waals surface area contributed by atoms with Crippen molar-refractivity contribution < 1.29 is 8.78 Å². The lowest BCUT2D eigenvalue weighted by molar-refractivity contribution is 0.0859. The van der Waals surface area contributed by atoms with Crippen LogP contribution in [0.1, 0.15) is 32.4 Å². The molecular formula is C15H24Cl2F2N2. The number of nitrogens with one attached hydrogen (secondary N) is 1. The third-order valence-electron chi connectivity index (χ3n) is 3.60. The van der Waals surface area contributed by atoms with Crippen molar-refractivity contribution in [3.8, 4) is 0 Å². The van der Waals surface area contributed by atoms with Gasteiger partial charge in [0.05, 0.1) is 0 Å². The molecular weight excluding hydrogens is 317 g/mol. The minimum Gasteiger partial charge on any atom is -0.314 e. The first-order valence-electron chi connectivity index (χ1n) is 6.79. The molecule has 1 heterocycles. The van der Waals surface area contributed by atoms with Crippen molar-refractivity contribution in [1.29, 1.82) is 0 Å². The van der Waals surface area contributed by atoms with Crippen LogP contribution in [0.25, 0.3) is 0 Å². The van der Waals surface area contributed by atoms with E-state index in [0.717, 1.165) is 31.7 Å². The molecule has 1 saturated heterocycles. The molecule has 0 saturated carbocycles. The maximum atomic E-state index is 13.5. The smallest absolute Gasteiger partial charge is 0.159 e. The van der Waals surface area contributed by atoms with E-state index in [1.54, 1.807) is 6.07 Å². The van der Waals surface area contributed by atoms with Gasteiger partial charge < -0.3 is 5.32 Å². The summed E-state index contributed by atoms with van der Waals surface area (Å²) in [6.45, 7) is 10.2. The lowest BCUT2D eigenvalue weighted by atomic mass is 9.81. The molecule has 0 unspecified atom stereocenters. The fraction of sp³-hybridized carbons (Fsp3) is 0.600. The second-order valence-electron chi connectivity index (χ2n) is 6.23. The van der Waals surface area contributed by atoms with E-state index in [1.807, 2.05) is 0 Å². The van der Waals surface area contributed by atoms with Gasteiger partial charge in [0.1, 0.15) is 0 Å². The van der Waals surface area contributed by atoms with Crippen molar-refractivity contribution in [2.75, 3.05) is 26.2 Å². The van der Waals surface area contributed by atoms with E-state index in [2.05, 4.69) is 31.0 Å². The Bertz CT molecular complexity index is 444. The Kier molecular flexibility index (Phi) is 8.11. The van der Waals surface area contributed by atoms with E-state index >= 15 is 0 Å². The van der Waals surface area contributed by atoms with E-state index < -0.39 is 11.6 Å². The van der Waals surface area contributed by atoms with Gasteiger partial charge in [-0.3, -0.25) is 4.90 Å². The molecule has 0 aromatic heterocycles. The first kappa shape index (κ1) is 20.6. The zero-order valence-corrected chi connectivity index (χ0v) is 14.3. The highest BCUT2D eigenvalue weighted by molar-refractivity contribution is 5.85. The SMILES string of the molecule is CC(C)(C)[C@@H](c1ccc(F)c(F)c1)N1CCNCC1.Cl.Cl. The van der Waals surface area contributed by atoms with Crippen LogP contribution in [-0.4, -0.2) is 31.1 Å². The van der Waals surface area contributed by atoms with Gasteiger partial charge in [-0.25, -0.2) is 8.78 Å². The van der Waals surface area contributed by atoms with Gasteiger partial charge in [0.2, 0.25) is 0 Å². The molecule has 1 atom stereocenters. The van der Waals surface area contributed by atoms with E-state index in [1.165, 1.54) is 12.1 Å². The molecule has 122 valence electrons. The summed E-state index contributed by atoms with van der Waals surface area (Å²) in [5.74, 6) is -1.54. The van der Waals surface area contributed by atoms with Crippen molar-refractivity contribution in [1.82, 2.24) is 10.2 Å². The topological polar surface area (TPSA) is 15.3 Å². The molecule has 21 heavy (non-hydrogen) atoms. The highest BCUT2D eigenvalue weighted by Gasteiger charge is 2.32. The van der Waals surface area contributed by atoms with Gasteiger partial charge >= 0.3 is 0 Å². The third kappa shape index (κ3) is 5.06. The molecule has 0 bridgehead atoms. The number of hydrogen-bond acceptors (Lipinski definition) is 2. The highest BCUT2D eigenvalue weighted by atomic mass is 35.5. The van der Waals surface area contributed by atoms with Crippen LogP contribution < -0.4 is 5.32 Å². The minimum absolute atomic E-state index is 0. The maximum Gasteiger partial charge on any atom is 0.159 e. The van der Waals surface area contributed by atoms with Crippen LogP contribution in [0.5, 0.6) is 0 Å². The fourth-order valence-corrected chi connectivity index (χ4v) is 2.88. The Labute approximate surface area is 138 Å².